The number of nitrogens with zero attached hydrogens (tertiary/aromatic N) is 4. The van der Waals surface area contributed by atoms with E-state index >= 15 is 0 Å². The molecule has 164 valence electrons. The van der Waals surface area contributed by atoms with E-state index in [1.54, 1.807) is 49.1 Å². The van der Waals surface area contributed by atoms with Crippen LogP contribution in [0.5, 0.6) is 17.4 Å². The van der Waals surface area contributed by atoms with Gasteiger partial charge in [-0.1, -0.05) is 0 Å². The number of aromatic nitrogens is 5. The lowest BCUT2D eigenvalue weighted by Gasteiger charge is -2.09. The van der Waals surface area contributed by atoms with Gasteiger partial charge < -0.3 is 24.5 Å². The number of amides is 1. The molecule has 11 nitrogen and oxygen atoms in total. The molecule has 11 heteroatoms. The van der Waals surface area contributed by atoms with Gasteiger partial charge in [0.1, 0.15) is 12.2 Å². The van der Waals surface area contributed by atoms with Crippen LogP contribution in [0.15, 0.2) is 53.5 Å². The molecule has 4 aromatic rings. The molecule has 0 aliphatic carbocycles. The molecule has 0 bridgehead atoms. The van der Waals surface area contributed by atoms with Crippen molar-refractivity contribution in [2.75, 3.05) is 27.4 Å². The van der Waals surface area contributed by atoms with Crippen LogP contribution in [0.4, 0.5) is 0 Å². The van der Waals surface area contributed by atoms with Crippen LogP contribution in [-0.2, 0) is 0 Å². The van der Waals surface area contributed by atoms with E-state index < -0.39 is 11.5 Å². The normalized spacial score (nSPS) is 10.7. The minimum Gasteiger partial charge on any atom is -0.493 e. The molecule has 0 radical (unpaired) electrons. The Bertz CT molecular complexity index is 1320. The summed E-state index contributed by atoms with van der Waals surface area (Å²) >= 11 is 0. The van der Waals surface area contributed by atoms with E-state index in [2.05, 4.69) is 25.6 Å². The third-order valence-corrected chi connectivity index (χ3v) is 4.58. The summed E-state index contributed by atoms with van der Waals surface area (Å²) in [4.78, 5) is 26.2. The molecule has 3 aromatic heterocycles. The molecule has 1 amide bonds. The number of hydrogen-bond donors (Lipinski definition) is 2. The quantitative estimate of drug-likeness (QED) is 0.395. The van der Waals surface area contributed by atoms with Gasteiger partial charge in [0, 0.05) is 17.8 Å². The second kappa shape index (κ2) is 9.16. The Morgan fingerprint density at radius 2 is 1.94 bits per heavy atom. The third kappa shape index (κ3) is 4.21. The number of nitrogens with one attached hydrogen (secondary N) is 2. The van der Waals surface area contributed by atoms with Crippen molar-refractivity contribution in [1.82, 2.24) is 30.1 Å². The van der Waals surface area contributed by atoms with Crippen LogP contribution >= 0.6 is 0 Å². The smallest absolute Gasteiger partial charge is 0.260 e. The van der Waals surface area contributed by atoms with E-state index in [4.69, 9.17) is 14.2 Å². The van der Waals surface area contributed by atoms with Crippen molar-refractivity contribution in [1.29, 1.82) is 0 Å². The lowest BCUT2D eigenvalue weighted by atomic mass is 10.2. The Labute approximate surface area is 182 Å². The van der Waals surface area contributed by atoms with Crippen LogP contribution in [0.3, 0.4) is 0 Å². The lowest BCUT2D eigenvalue weighted by Crippen LogP contribution is -2.32. The number of hydrogen-bond acceptors (Lipinski definition) is 8. The fourth-order valence-electron chi connectivity index (χ4n) is 3.02. The van der Waals surface area contributed by atoms with Crippen molar-refractivity contribution in [3.05, 3.63) is 64.6 Å². The lowest BCUT2D eigenvalue weighted by molar-refractivity contribution is 0.0945. The van der Waals surface area contributed by atoms with Crippen LogP contribution in [0.1, 0.15) is 10.4 Å². The van der Waals surface area contributed by atoms with Gasteiger partial charge in [-0.05, 0) is 36.4 Å². The number of ether oxygens (including phenoxy) is 3. The molecule has 0 spiro atoms. The number of H-pyrrole nitrogens is 1. The molecule has 0 saturated heterocycles. The SMILES string of the molecule is COc1ccc(-c2nnc3ccc(OCCNC(=O)c4ccc[nH]c4=O)nn23)cc1OC. The first kappa shape index (κ1) is 20.8. The fourth-order valence-corrected chi connectivity index (χ4v) is 3.02. The fraction of sp³-hybridized carbons (Fsp3) is 0.190. The topological polar surface area (TPSA) is 133 Å². The van der Waals surface area contributed by atoms with Crippen LogP contribution in [0.25, 0.3) is 17.0 Å². The summed E-state index contributed by atoms with van der Waals surface area (Å²) in [5, 5.41) is 15.4. The minimum absolute atomic E-state index is 0.0381. The van der Waals surface area contributed by atoms with Crippen molar-refractivity contribution in [3.8, 4) is 28.8 Å². The first-order valence-corrected chi connectivity index (χ1v) is 9.64. The van der Waals surface area contributed by atoms with E-state index in [-0.39, 0.29) is 18.7 Å². The van der Waals surface area contributed by atoms with Crippen LogP contribution in [-0.4, -0.2) is 58.1 Å². The molecule has 3 heterocycles. The van der Waals surface area contributed by atoms with E-state index in [0.29, 0.717) is 28.9 Å². The summed E-state index contributed by atoms with van der Waals surface area (Å²) in [6.45, 7) is 0.348. The summed E-state index contributed by atoms with van der Waals surface area (Å²) in [5.41, 5.74) is 0.864. The molecule has 0 aliphatic rings. The zero-order valence-electron chi connectivity index (χ0n) is 17.4. The molecule has 0 unspecified atom stereocenters. The van der Waals surface area contributed by atoms with E-state index in [9.17, 15) is 9.59 Å². The highest BCUT2D eigenvalue weighted by atomic mass is 16.5. The molecule has 0 atom stereocenters. The number of carbonyl (C=O) groups is 1. The van der Waals surface area contributed by atoms with Gasteiger partial charge in [-0.15, -0.1) is 15.3 Å². The van der Waals surface area contributed by atoms with Gasteiger partial charge in [0.05, 0.1) is 20.8 Å². The number of benzene rings is 1. The highest BCUT2D eigenvalue weighted by Gasteiger charge is 2.14. The summed E-state index contributed by atoms with van der Waals surface area (Å²) < 4.78 is 17.8. The molecular formula is C21H20N6O5. The average Bonchev–Trinajstić information content (AvgIpc) is 3.24. The molecule has 0 fully saturated rings. The van der Waals surface area contributed by atoms with Crippen molar-refractivity contribution < 1.29 is 19.0 Å². The summed E-state index contributed by atoms with van der Waals surface area (Å²) in [6.07, 6.45) is 1.46. The molecule has 0 saturated carbocycles. The number of carbonyl (C=O) groups excluding carboxylic acids is 1. The van der Waals surface area contributed by atoms with Gasteiger partial charge in [-0.2, -0.15) is 4.52 Å². The Kier molecular flexibility index (Phi) is 5.97. The number of fused-ring (bicyclic) bond motifs is 1. The predicted molar refractivity (Wildman–Crippen MR) is 114 cm³/mol. The van der Waals surface area contributed by atoms with Crippen LogP contribution in [0.2, 0.25) is 0 Å². The minimum atomic E-state index is -0.478. The standard InChI is InChI=1S/C21H20N6O5/c1-30-15-6-5-13(12-16(15)31-2)19-25-24-17-7-8-18(26-27(17)19)32-11-10-23-21(29)14-4-3-9-22-20(14)28/h3-9,12H,10-11H2,1-2H3,(H,22,28)(H,23,29). The van der Waals surface area contributed by atoms with Gasteiger partial charge in [0.2, 0.25) is 5.88 Å². The van der Waals surface area contributed by atoms with Crippen molar-refractivity contribution in [2.45, 2.75) is 0 Å². The van der Waals surface area contributed by atoms with E-state index in [1.807, 2.05) is 6.07 Å². The first-order chi connectivity index (χ1) is 15.6. The second-order valence-electron chi connectivity index (χ2n) is 6.55. The van der Waals surface area contributed by atoms with E-state index in [1.165, 1.54) is 12.3 Å². The molecule has 4 rings (SSSR count). The number of aromatic amines is 1. The first-order valence-electron chi connectivity index (χ1n) is 9.64. The Morgan fingerprint density at radius 3 is 2.72 bits per heavy atom. The Hall–Kier alpha value is -4.41. The Morgan fingerprint density at radius 1 is 1.09 bits per heavy atom. The molecular weight excluding hydrogens is 416 g/mol. The third-order valence-electron chi connectivity index (χ3n) is 4.58. The van der Waals surface area contributed by atoms with Gasteiger partial charge in [0.15, 0.2) is 23.0 Å². The maximum absolute atomic E-state index is 12.1. The predicted octanol–water partition coefficient (Wildman–Crippen LogP) is 1.31. The van der Waals surface area contributed by atoms with Crippen LogP contribution in [0, 0.1) is 0 Å². The number of methoxy groups -OCH3 is 2. The summed E-state index contributed by atoms with van der Waals surface area (Å²) in [6, 6.07) is 11.8. The van der Waals surface area contributed by atoms with Gasteiger partial charge >= 0.3 is 0 Å². The molecule has 0 aliphatic heterocycles. The average molecular weight is 436 g/mol. The zero-order chi connectivity index (χ0) is 22.5. The number of pyridine rings is 1. The van der Waals surface area contributed by atoms with Gasteiger partial charge in [-0.3, -0.25) is 9.59 Å². The maximum Gasteiger partial charge on any atom is 0.260 e. The number of rotatable bonds is 8. The highest BCUT2D eigenvalue weighted by Crippen LogP contribution is 2.31. The van der Waals surface area contributed by atoms with Crippen LogP contribution < -0.4 is 25.1 Å². The maximum atomic E-state index is 12.1. The Balaban J connectivity index is 1.45. The van der Waals surface area contributed by atoms with Crippen molar-refractivity contribution in [2.24, 2.45) is 0 Å². The summed E-state index contributed by atoms with van der Waals surface area (Å²) in [7, 11) is 3.12. The summed E-state index contributed by atoms with van der Waals surface area (Å²) in [5.74, 6) is 1.51. The van der Waals surface area contributed by atoms with Gasteiger partial charge in [0.25, 0.3) is 11.5 Å². The zero-order valence-corrected chi connectivity index (χ0v) is 17.4. The second-order valence-corrected chi connectivity index (χ2v) is 6.55. The van der Waals surface area contributed by atoms with Crippen molar-refractivity contribution >= 4 is 11.6 Å². The monoisotopic (exact) mass is 436 g/mol. The van der Waals surface area contributed by atoms with E-state index in [0.717, 1.165) is 5.56 Å². The largest absolute Gasteiger partial charge is 0.493 e. The molecule has 1 aromatic carbocycles. The van der Waals surface area contributed by atoms with Crippen molar-refractivity contribution in [3.63, 3.8) is 0 Å². The van der Waals surface area contributed by atoms with Gasteiger partial charge in [-0.25, -0.2) is 0 Å². The molecule has 32 heavy (non-hydrogen) atoms. The molecule has 2 N–H and O–H groups in total. The highest BCUT2D eigenvalue weighted by molar-refractivity contribution is 5.93.